The molecular formula is C22H35NO. The van der Waals surface area contributed by atoms with Gasteiger partial charge < -0.3 is 5.11 Å². The van der Waals surface area contributed by atoms with Crippen LogP contribution in [0, 0.1) is 11.3 Å². The van der Waals surface area contributed by atoms with Gasteiger partial charge in [0.1, 0.15) is 0 Å². The summed E-state index contributed by atoms with van der Waals surface area (Å²) < 4.78 is 0. The van der Waals surface area contributed by atoms with Crippen LogP contribution in [-0.4, -0.2) is 24.5 Å². The predicted molar refractivity (Wildman–Crippen MR) is 107 cm³/mol. The van der Waals surface area contributed by atoms with E-state index >= 15 is 0 Å². The maximum Gasteiger partial charge on any atom is 0.0626 e. The van der Waals surface area contributed by atoms with Crippen LogP contribution in [0.1, 0.15) is 60.3 Å². The molecular weight excluding hydrogens is 294 g/mol. The van der Waals surface area contributed by atoms with Crippen molar-refractivity contribution in [1.29, 1.82) is 0 Å². The molecule has 2 nitrogen and oxygen atoms in total. The quantitative estimate of drug-likeness (QED) is 0.452. The minimum Gasteiger partial charge on any atom is -0.394 e. The molecule has 0 spiro atoms. The molecule has 1 N–H and O–H groups in total. The van der Waals surface area contributed by atoms with Crippen LogP contribution in [0.2, 0.25) is 0 Å². The van der Waals surface area contributed by atoms with Crippen LogP contribution in [0.4, 0.5) is 0 Å². The van der Waals surface area contributed by atoms with Crippen LogP contribution in [0.15, 0.2) is 52.1 Å². The predicted octanol–water partition coefficient (Wildman–Crippen LogP) is 5.66. The van der Waals surface area contributed by atoms with Crippen molar-refractivity contribution in [3.05, 3.63) is 47.1 Å². The van der Waals surface area contributed by atoms with Gasteiger partial charge in [-0.1, -0.05) is 62.3 Å². The molecule has 0 saturated carbocycles. The largest absolute Gasteiger partial charge is 0.394 e. The molecule has 0 radical (unpaired) electrons. The van der Waals surface area contributed by atoms with E-state index in [1.807, 2.05) is 6.21 Å². The van der Waals surface area contributed by atoms with Crippen molar-refractivity contribution in [1.82, 2.24) is 0 Å². The average molecular weight is 330 g/mol. The molecule has 0 amide bonds. The molecule has 1 aliphatic carbocycles. The molecule has 1 rings (SSSR count). The molecule has 0 aromatic heterocycles. The van der Waals surface area contributed by atoms with Crippen molar-refractivity contribution in [2.24, 2.45) is 16.3 Å². The zero-order valence-corrected chi connectivity index (χ0v) is 16.2. The first-order chi connectivity index (χ1) is 11.4. The van der Waals surface area contributed by atoms with Gasteiger partial charge in [0, 0.05) is 0 Å². The first-order valence-corrected chi connectivity index (χ1v) is 9.19. The van der Waals surface area contributed by atoms with Crippen molar-refractivity contribution < 1.29 is 5.11 Å². The van der Waals surface area contributed by atoms with Crippen molar-refractivity contribution in [3.8, 4) is 0 Å². The van der Waals surface area contributed by atoms with Gasteiger partial charge in [-0.15, -0.1) is 0 Å². The third-order valence-electron chi connectivity index (χ3n) is 4.69. The molecule has 134 valence electrons. The zero-order chi connectivity index (χ0) is 18.0. The Hall–Kier alpha value is -1.41. The lowest BCUT2D eigenvalue weighted by Crippen LogP contribution is -2.19. The summed E-state index contributed by atoms with van der Waals surface area (Å²) in [6, 6.07) is 0. The Morgan fingerprint density at radius 3 is 2.79 bits per heavy atom. The number of allylic oxidation sites excluding steroid dienone is 8. The molecule has 2 heteroatoms. The lowest BCUT2D eigenvalue weighted by Gasteiger charge is -2.32. The van der Waals surface area contributed by atoms with Crippen molar-refractivity contribution in [2.45, 2.75) is 60.3 Å². The first kappa shape index (κ1) is 20.6. The van der Waals surface area contributed by atoms with Gasteiger partial charge in [-0.25, -0.2) is 0 Å². The lowest BCUT2D eigenvalue weighted by molar-refractivity contribution is 0.307. The third-order valence-corrected chi connectivity index (χ3v) is 4.69. The Balaban J connectivity index is 2.59. The van der Waals surface area contributed by atoms with Crippen LogP contribution in [0.3, 0.4) is 0 Å². The second kappa shape index (κ2) is 10.5. The highest BCUT2D eigenvalue weighted by molar-refractivity contribution is 5.57. The summed E-state index contributed by atoms with van der Waals surface area (Å²) in [5.41, 5.74) is 4.63. The van der Waals surface area contributed by atoms with Gasteiger partial charge in [-0.2, -0.15) is 0 Å². The molecule has 24 heavy (non-hydrogen) atoms. The number of hydrogen-bond acceptors (Lipinski definition) is 2. The van der Waals surface area contributed by atoms with Crippen LogP contribution in [-0.2, 0) is 0 Å². The SMILES string of the molecule is CC1=C(/C=C/C(C)=C/C=C/C(C)C/C=N/CCO)C(C)(C)CCC1. The van der Waals surface area contributed by atoms with Gasteiger partial charge in [-0.3, -0.25) is 4.99 Å². The topological polar surface area (TPSA) is 32.6 Å². The standard InChI is InChI=1S/C22H35NO/c1-18(8-6-9-19(2)13-15-23-16-17-24)11-12-21-20(3)10-7-14-22(21,4)5/h6,8-9,11-12,15,19,24H,7,10,13-14,16-17H2,1-5H3/b9-6+,12-11+,18-8+,23-15+. The van der Waals surface area contributed by atoms with Gasteiger partial charge in [-0.05, 0) is 62.7 Å². The number of rotatable bonds is 8. The highest BCUT2D eigenvalue weighted by Gasteiger charge is 2.26. The van der Waals surface area contributed by atoms with Crippen molar-refractivity contribution in [2.75, 3.05) is 13.2 Å². The van der Waals surface area contributed by atoms with E-state index in [-0.39, 0.29) is 6.61 Å². The first-order valence-electron chi connectivity index (χ1n) is 9.19. The fourth-order valence-electron chi connectivity index (χ4n) is 3.15. The van der Waals surface area contributed by atoms with Gasteiger partial charge in [0.15, 0.2) is 0 Å². The number of aliphatic hydroxyl groups is 1. The van der Waals surface area contributed by atoms with Gasteiger partial charge in [0.05, 0.1) is 13.2 Å². The van der Waals surface area contributed by atoms with Crippen LogP contribution in [0.5, 0.6) is 0 Å². The number of aliphatic imine (C=N–C) groups is 1. The van der Waals surface area contributed by atoms with Crippen LogP contribution >= 0.6 is 0 Å². The van der Waals surface area contributed by atoms with E-state index in [1.54, 1.807) is 5.57 Å². The Morgan fingerprint density at radius 1 is 1.38 bits per heavy atom. The normalized spacial score (nSPS) is 20.7. The molecule has 1 unspecified atom stereocenters. The maximum absolute atomic E-state index is 8.68. The molecule has 0 aromatic rings. The summed E-state index contributed by atoms with van der Waals surface area (Å²) in [4.78, 5) is 4.13. The Bertz CT molecular complexity index is 532. The van der Waals surface area contributed by atoms with Gasteiger partial charge in [0.25, 0.3) is 0 Å². The van der Waals surface area contributed by atoms with E-state index in [0.717, 1.165) is 6.42 Å². The average Bonchev–Trinajstić information content (AvgIpc) is 2.50. The molecule has 0 saturated heterocycles. The molecule has 0 aliphatic heterocycles. The third kappa shape index (κ3) is 7.44. The van der Waals surface area contributed by atoms with Crippen molar-refractivity contribution >= 4 is 6.21 Å². The van der Waals surface area contributed by atoms with Gasteiger partial charge >= 0.3 is 0 Å². The Kier molecular flexibility index (Phi) is 8.99. The van der Waals surface area contributed by atoms with Crippen LogP contribution in [0.25, 0.3) is 0 Å². The molecule has 0 fully saturated rings. The maximum atomic E-state index is 8.68. The zero-order valence-electron chi connectivity index (χ0n) is 16.2. The smallest absolute Gasteiger partial charge is 0.0626 e. The molecule has 0 heterocycles. The molecule has 0 aromatic carbocycles. The van der Waals surface area contributed by atoms with E-state index in [4.69, 9.17) is 5.11 Å². The summed E-state index contributed by atoms with van der Waals surface area (Å²) in [5.74, 6) is 0.461. The summed E-state index contributed by atoms with van der Waals surface area (Å²) >= 11 is 0. The second-order valence-electron chi connectivity index (χ2n) is 7.59. The fraction of sp³-hybridized carbons (Fsp3) is 0.591. The number of aliphatic hydroxyl groups excluding tert-OH is 1. The molecule has 0 bridgehead atoms. The highest BCUT2D eigenvalue weighted by atomic mass is 16.3. The molecule has 1 atom stereocenters. The minimum atomic E-state index is 0.127. The summed E-state index contributed by atoms with van der Waals surface area (Å²) in [7, 11) is 0. The highest BCUT2D eigenvalue weighted by Crippen LogP contribution is 2.40. The van der Waals surface area contributed by atoms with Gasteiger partial charge in [0.2, 0.25) is 0 Å². The van der Waals surface area contributed by atoms with E-state index in [9.17, 15) is 0 Å². The molecule has 1 aliphatic rings. The lowest BCUT2D eigenvalue weighted by atomic mass is 9.72. The van der Waals surface area contributed by atoms with Crippen molar-refractivity contribution in [3.63, 3.8) is 0 Å². The van der Waals surface area contributed by atoms with E-state index < -0.39 is 0 Å². The number of hydrogen-bond donors (Lipinski definition) is 1. The number of nitrogens with zero attached hydrogens (tertiary/aromatic N) is 1. The monoisotopic (exact) mass is 329 g/mol. The van der Waals surface area contributed by atoms with E-state index in [0.29, 0.717) is 17.9 Å². The van der Waals surface area contributed by atoms with E-state index in [2.05, 4.69) is 70.0 Å². The minimum absolute atomic E-state index is 0.127. The summed E-state index contributed by atoms with van der Waals surface area (Å²) in [6.07, 6.45) is 17.7. The summed E-state index contributed by atoms with van der Waals surface area (Å²) in [6.45, 7) is 12.0. The fourth-order valence-corrected chi connectivity index (χ4v) is 3.15. The summed E-state index contributed by atoms with van der Waals surface area (Å²) in [5, 5.41) is 8.68. The van der Waals surface area contributed by atoms with Crippen LogP contribution < -0.4 is 0 Å². The van der Waals surface area contributed by atoms with E-state index in [1.165, 1.54) is 30.4 Å². The second-order valence-corrected chi connectivity index (χ2v) is 7.59. The Morgan fingerprint density at radius 2 is 2.12 bits per heavy atom. The Labute approximate surface area is 148 Å².